The predicted octanol–water partition coefficient (Wildman–Crippen LogP) is 2.37. The van der Waals surface area contributed by atoms with Crippen LogP contribution in [0.15, 0.2) is 58.5 Å². The quantitative estimate of drug-likeness (QED) is 0.288. The third-order valence-electron chi connectivity index (χ3n) is 4.09. The lowest BCUT2D eigenvalue weighted by molar-refractivity contribution is -0.131. The average Bonchev–Trinajstić information content (AvgIpc) is 2.67. The molecule has 2 rings (SSSR count). The first-order valence-electron chi connectivity index (χ1n) is 9.29. The number of sulfonamides is 1. The number of esters is 1. The van der Waals surface area contributed by atoms with Crippen LogP contribution >= 0.6 is 0 Å². The molecule has 0 aliphatic heterocycles. The van der Waals surface area contributed by atoms with Gasteiger partial charge in [0.2, 0.25) is 10.0 Å². The molecular formula is C21H25N3O5S. The van der Waals surface area contributed by atoms with E-state index in [4.69, 9.17) is 4.74 Å². The molecule has 1 amide bonds. The number of hydrazone groups is 1. The van der Waals surface area contributed by atoms with Gasteiger partial charge in [-0.05, 0) is 54.8 Å². The number of aryl methyl sites for hydroxylation is 1. The van der Waals surface area contributed by atoms with E-state index in [-0.39, 0.29) is 10.8 Å². The Labute approximate surface area is 176 Å². The Bertz CT molecular complexity index is 1010. The van der Waals surface area contributed by atoms with Gasteiger partial charge in [-0.3, -0.25) is 9.59 Å². The molecule has 1 atom stereocenters. The summed E-state index contributed by atoms with van der Waals surface area (Å²) in [7, 11) is -3.86. The summed E-state index contributed by atoms with van der Waals surface area (Å²) in [6, 6.07) is 11.9. The predicted molar refractivity (Wildman–Crippen MR) is 114 cm³/mol. The van der Waals surface area contributed by atoms with Gasteiger partial charge in [-0.25, -0.2) is 13.8 Å². The maximum absolute atomic E-state index is 12.6. The molecule has 0 fully saturated rings. The lowest BCUT2D eigenvalue weighted by atomic mass is 10.1. The Morgan fingerprint density at radius 1 is 1.03 bits per heavy atom. The number of carbonyl (C=O) groups excluding carboxylic acids is 2. The van der Waals surface area contributed by atoms with Crippen molar-refractivity contribution in [2.75, 3.05) is 0 Å². The van der Waals surface area contributed by atoms with Crippen LogP contribution in [0.25, 0.3) is 0 Å². The van der Waals surface area contributed by atoms with E-state index in [0.717, 1.165) is 5.56 Å². The zero-order chi connectivity index (χ0) is 22.3. The van der Waals surface area contributed by atoms with Crippen LogP contribution in [0.3, 0.4) is 0 Å². The van der Waals surface area contributed by atoms with Crippen LogP contribution in [0, 0.1) is 12.8 Å². The molecule has 0 spiro atoms. The molecule has 0 heterocycles. The Morgan fingerprint density at radius 2 is 1.63 bits per heavy atom. The van der Waals surface area contributed by atoms with E-state index < -0.39 is 27.9 Å². The second-order valence-corrected chi connectivity index (χ2v) is 8.77. The van der Waals surface area contributed by atoms with Crippen molar-refractivity contribution in [1.29, 1.82) is 0 Å². The second kappa shape index (κ2) is 10.1. The van der Waals surface area contributed by atoms with Gasteiger partial charge in [0.05, 0.1) is 11.1 Å². The van der Waals surface area contributed by atoms with Gasteiger partial charge in [0, 0.05) is 6.92 Å². The number of nitrogens with one attached hydrogen (secondary N) is 2. The number of ether oxygens (including phenoxy) is 1. The van der Waals surface area contributed by atoms with Gasteiger partial charge < -0.3 is 4.74 Å². The van der Waals surface area contributed by atoms with Crippen LogP contribution in [0.1, 0.15) is 31.9 Å². The fraction of sp³-hybridized carbons (Fsp3) is 0.286. The first-order chi connectivity index (χ1) is 14.1. The van der Waals surface area contributed by atoms with Crippen LogP contribution in [0.5, 0.6) is 5.75 Å². The molecule has 160 valence electrons. The molecule has 0 aliphatic rings. The van der Waals surface area contributed by atoms with Gasteiger partial charge in [-0.2, -0.15) is 9.82 Å². The first kappa shape index (κ1) is 23.2. The summed E-state index contributed by atoms with van der Waals surface area (Å²) >= 11 is 0. The minimum atomic E-state index is -3.86. The molecule has 0 aliphatic carbocycles. The number of amides is 1. The summed E-state index contributed by atoms with van der Waals surface area (Å²) < 4.78 is 32.6. The summed E-state index contributed by atoms with van der Waals surface area (Å²) in [6.07, 6.45) is 1.40. The zero-order valence-corrected chi connectivity index (χ0v) is 18.1. The molecule has 0 radical (unpaired) electrons. The summed E-state index contributed by atoms with van der Waals surface area (Å²) in [5.74, 6) is -0.900. The van der Waals surface area contributed by atoms with Crippen molar-refractivity contribution >= 4 is 28.1 Å². The molecule has 8 nitrogen and oxygen atoms in total. The van der Waals surface area contributed by atoms with Crippen molar-refractivity contribution < 1.29 is 22.7 Å². The maximum atomic E-state index is 12.6. The molecule has 9 heteroatoms. The average molecular weight is 432 g/mol. The minimum Gasteiger partial charge on any atom is -0.427 e. The molecule has 0 saturated heterocycles. The Morgan fingerprint density at radius 3 is 2.17 bits per heavy atom. The topological polar surface area (TPSA) is 114 Å². The highest BCUT2D eigenvalue weighted by atomic mass is 32.2. The SMILES string of the molecule is CC(=O)Oc1ccc(/C=N\NC(=O)[C@H](NS(=O)(=O)c2ccc(C)cc2)C(C)C)cc1. The van der Waals surface area contributed by atoms with Crippen molar-refractivity contribution in [3.8, 4) is 5.75 Å². The molecule has 2 aromatic rings. The van der Waals surface area contributed by atoms with Gasteiger partial charge in [0.25, 0.3) is 5.91 Å². The standard InChI is InChI=1S/C21H25N3O5S/c1-14(2)20(24-30(27,28)19-11-5-15(3)6-12-19)21(26)23-22-13-17-7-9-18(10-8-17)29-16(4)25/h5-14,20,24H,1-4H3,(H,23,26)/b22-13-/t20-/m1/s1. The third-order valence-corrected chi connectivity index (χ3v) is 5.55. The van der Waals surface area contributed by atoms with E-state index in [2.05, 4.69) is 15.2 Å². The normalized spacial score (nSPS) is 12.7. The number of rotatable bonds is 8. The van der Waals surface area contributed by atoms with E-state index in [9.17, 15) is 18.0 Å². The number of benzene rings is 2. The number of nitrogens with zero attached hydrogens (tertiary/aromatic N) is 1. The van der Waals surface area contributed by atoms with Crippen molar-refractivity contribution in [1.82, 2.24) is 10.1 Å². The molecule has 2 aromatic carbocycles. The molecule has 0 bridgehead atoms. The number of hydrogen-bond acceptors (Lipinski definition) is 6. The maximum Gasteiger partial charge on any atom is 0.308 e. The van der Waals surface area contributed by atoms with E-state index in [0.29, 0.717) is 11.3 Å². The summed E-state index contributed by atoms with van der Waals surface area (Å²) in [5.41, 5.74) is 3.95. The molecule has 0 aromatic heterocycles. The smallest absolute Gasteiger partial charge is 0.308 e. The molecule has 0 unspecified atom stereocenters. The van der Waals surface area contributed by atoms with Gasteiger partial charge in [-0.1, -0.05) is 31.5 Å². The minimum absolute atomic E-state index is 0.0860. The number of carbonyl (C=O) groups is 2. The highest BCUT2D eigenvalue weighted by Gasteiger charge is 2.28. The van der Waals surface area contributed by atoms with Crippen molar-refractivity contribution in [2.45, 2.75) is 38.6 Å². The van der Waals surface area contributed by atoms with Gasteiger partial charge >= 0.3 is 5.97 Å². The molecular weight excluding hydrogens is 406 g/mol. The number of hydrogen-bond donors (Lipinski definition) is 2. The summed E-state index contributed by atoms with van der Waals surface area (Å²) in [4.78, 5) is 23.5. The first-order valence-corrected chi connectivity index (χ1v) is 10.8. The monoisotopic (exact) mass is 431 g/mol. The van der Waals surface area contributed by atoms with Crippen molar-refractivity contribution in [3.05, 3.63) is 59.7 Å². The summed E-state index contributed by atoms with van der Waals surface area (Å²) in [6.45, 7) is 6.64. The fourth-order valence-electron chi connectivity index (χ4n) is 2.47. The Hall–Kier alpha value is -3.04. The fourth-order valence-corrected chi connectivity index (χ4v) is 3.82. The highest BCUT2D eigenvalue weighted by molar-refractivity contribution is 7.89. The van der Waals surface area contributed by atoms with Gasteiger partial charge in [0.1, 0.15) is 11.8 Å². The van der Waals surface area contributed by atoms with E-state index in [1.165, 1.54) is 25.3 Å². The van der Waals surface area contributed by atoms with E-state index in [1.54, 1.807) is 50.2 Å². The van der Waals surface area contributed by atoms with Crippen molar-refractivity contribution in [2.24, 2.45) is 11.0 Å². The summed E-state index contributed by atoms with van der Waals surface area (Å²) in [5, 5.41) is 3.88. The van der Waals surface area contributed by atoms with Crippen LogP contribution in [-0.4, -0.2) is 32.6 Å². The Kier molecular flexibility index (Phi) is 7.85. The second-order valence-electron chi connectivity index (χ2n) is 7.05. The Balaban J connectivity index is 2.04. The van der Waals surface area contributed by atoms with Crippen LogP contribution in [0.2, 0.25) is 0 Å². The van der Waals surface area contributed by atoms with Crippen LogP contribution in [-0.2, 0) is 19.6 Å². The lowest BCUT2D eigenvalue weighted by Crippen LogP contribution is -2.48. The van der Waals surface area contributed by atoms with Gasteiger partial charge in [0.15, 0.2) is 0 Å². The van der Waals surface area contributed by atoms with E-state index in [1.807, 2.05) is 6.92 Å². The molecule has 2 N–H and O–H groups in total. The lowest BCUT2D eigenvalue weighted by Gasteiger charge is -2.20. The third kappa shape index (κ3) is 6.78. The van der Waals surface area contributed by atoms with Crippen molar-refractivity contribution in [3.63, 3.8) is 0 Å². The van der Waals surface area contributed by atoms with Crippen LogP contribution in [0.4, 0.5) is 0 Å². The zero-order valence-electron chi connectivity index (χ0n) is 17.2. The largest absolute Gasteiger partial charge is 0.427 e. The highest BCUT2D eigenvalue weighted by Crippen LogP contribution is 2.13. The van der Waals surface area contributed by atoms with E-state index >= 15 is 0 Å². The molecule has 0 saturated carbocycles. The van der Waals surface area contributed by atoms with Crippen LogP contribution < -0.4 is 14.9 Å². The molecule has 30 heavy (non-hydrogen) atoms. The van der Waals surface area contributed by atoms with Gasteiger partial charge in [-0.15, -0.1) is 0 Å².